The molecule has 0 bridgehead atoms. The third-order valence-corrected chi connectivity index (χ3v) is 7.92. The number of amides is 1. The Bertz CT molecular complexity index is 790. The number of hydrogen-bond donors (Lipinski definition) is 1. The SMILES string of the molecule is COc1ccc(S(=O)(=O)C(CC2CCCC2)C(C(=O)NOC(C)(C)C)C(C)C)cc1. The van der Waals surface area contributed by atoms with Crippen LogP contribution in [0.4, 0.5) is 0 Å². The van der Waals surface area contributed by atoms with Gasteiger partial charge in [-0.1, -0.05) is 39.5 Å². The predicted molar refractivity (Wildman–Crippen MR) is 118 cm³/mol. The molecule has 0 spiro atoms. The lowest BCUT2D eigenvalue weighted by Crippen LogP contribution is -2.46. The summed E-state index contributed by atoms with van der Waals surface area (Å²) in [7, 11) is -2.19. The maximum atomic E-state index is 13.7. The summed E-state index contributed by atoms with van der Waals surface area (Å²) in [6.45, 7) is 9.30. The zero-order chi connectivity index (χ0) is 22.5. The molecule has 1 aromatic carbocycles. The van der Waals surface area contributed by atoms with Gasteiger partial charge in [-0.2, -0.15) is 0 Å². The molecule has 1 aliphatic rings. The zero-order valence-electron chi connectivity index (χ0n) is 19.1. The monoisotopic (exact) mass is 439 g/mol. The number of benzene rings is 1. The molecular weight excluding hydrogens is 402 g/mol. The lowest BCUT2D eigenvalue weighted by Gasteiger charge is -2.31. The zero-order valence-corrected chi connectivity index (χ0v) is 19.9. The van der Waals surface area contributed by atoms with Crippen LogP contribution in [0.2, 0.25) is 0 Å². The summed E-state index contributed by atoms with van der Waals surface area (Å²) < 4.78 is 32.6. The van der Waals surface area contributed by atoms with E-state index in [1.807, 2.05) is 34.6 Å². The smallest absolute Gasteiger partial charge is 0.248 e. The van der Waals surface area contributed by atoms with E-state index in [4.69, 9.17) is 9.57 Å². The van der Waals surface area contributed by atoms with Gasteiger partial charge in [0.1, 0.15) is 5.75 Å². The van der Waals surface area contributed by atoms with Gasteiger partial charge in [0.25, 0.3) is 0 Å². The summed E-state index contributed by atoms with van der Waals surface area (Å²) in [5, 5.41) is -0.808. The molecule has 0 aliphatic heterocycles. The van der Waals surface area contributed by atoms with Crippen LogP contribution in [0, 0.1) is 17.8 Å². The van der Waals surface area contributed by atoms with Crippen LogP contribution in [0.1, 0.15) is 66.7 Å². The Morgan fingerprint density at radius 3 is 2.17 bits per heavy atom. The number of carbonyl (C=O) groups is 1. The molecule has 30 heavy (non-hydrogen) atoms. The van der Waals surface area contributed by atoms with E-state index in [-0.39, 0.29) is 16.7 Å². The summed E-state index contributed by atoms with van der Waals surface area (Å²) in [4.78, 5) is 18.8. The van der Waals surface area contributed by atoms with Crippen LogP contribution in [0.5, 0.6) is 5.75 Å². The number of sulfone groups is 1. The topological polar surface area (TPSA) is 81.7 Å². The van der Waals surface area contributed by atoms with Crippen molar-refractivity contribution >= 4 is 15.7 Å². The largest absolute Gasteiger partial charge is 0.497 e. The quantitative estimate of drug-likeness (QED) is 0.572. The molecule has 0 heterocycles. The molecule has 2 rings (SSSR count). The van der Waals surface area contributed by atoms with E-state index in [1.54, 1.807) is 31.4 Å². The maximum Gasteiger partial charge on any atom is 0.248 e. The van der Waals surface area contributed by atoms with Gasteiger partial charge in [-0.05, 0) is 63.3 Å². The van der Waals surface area contributed by atoms with E-state index in [0.717, 1.165) is 25.7 Å². The molecule has 6 nitrogen and oxygen atoms in total. The maximum absolute atomic E-state index is 13.7. The molecule has 1 amide bonds. The van der Waals surface area contributed by atoms with Gasteiger partial charge in [-0.3, -0.25) is 9.63 Å². The first-order valence-electron chi connectivity index (χ1n) is 10.8. The van der Waals surface area contributed by atoms with Crippen LogP contribution in [0.25, 0.3) is 0 Å². The molecule has 1 aromatic rings. The third-order valence-electron chi connectivity index (χ3n) is 5.71. The van der Waals surface area contributed by atoms with Gasteiger partial charge in [0.15, 0.2) is 9.84 Å². The standard InChI is InChI=1S/C23H37NO5S/c1-16(2)21(22(25)24-29-23(3,4)5)20(15-17-9-7-8-10-17)30(26,27)19-13-11-18(28-6)12-14-19/h11-14,16-17,20-21H,7-10,15H2,1-6H3,(H,24,25). The first-order chi connectivity index (χ1) is 14.0. The molecular formula is C23H37NO5S. The van der Waals surface area contributed by atoms with E-state index in [1.165, 1.54) is 0 Å². The Balaban J connectivity index is 2.40. The van der Waals surface area contributed by atoms with E-state index >= 15 is 0 Å². The van der Waals surface area contributed by atoms with Crippen LogP contribution in [0.3, 0.4) is 0 Å². The van der Waals surface area contributed by atoms with E-state index in [2.05, 4.69) is 5.48 Å². The minimum absolute atomic E-state index is 0.159. The first-order valence-corrected chi connectivity index (χ1v) is 12.4. The van der Waals surface area contributed by atoms with Crippen molar-refractivity contribution in [1.82, 2.24) is 5.48 Å². The summed E-state index contributed by atoms with van der Waals surface area (Å²) in [5.41, 5.74) is 1.97. The lowest BCUT2D eigenvalue weighted by molar-refractivity contribution is -0.151. The van der Waals surface area contributed by atoms with Crippen LogP contribution >= 0.6 is 0 Å². The van der Waals surface area contributed by atoms with Gasteiger partial charge >= 0.3 is 0 Å². The summed E-state index contributed by atoms with van der Waals surface area (Å²) in [6, 6.07) is 6.42. The molecule has 0 saturated heterocycles. The highest BCUT2D eigenvalue weighted by Crippen LogP contribution is 2.37. The van der Waals surface area contributed by atoms with E-state index in [9.17, 15) is 13.2 Å². The molecule has 0 aromatic heterocycles. The van der Waals surface area contributed by atoms with Crippen molar-refractivity contribution < 1.29 is 22.8 Å². The Kier molecular flexibility index (Phi) is 8.34. The third kappa shape index (κ3) is 6.45. The minimum atomic E-state index is -3.73. The molecule has 1 N–H and O–H groups in total. The summed E-state index contributed by atoms with van der Waals surface area (Å²) in [5.74, 6) is -0.327. The van der Waals surface area contributed by atoms with Gasteiger partial charge in [0.05, 0.1) is 28.8 Å². The molecule has 2 unspecified atom stereocenters. The molecule has 0 radical (unpaired) electrons. The first kappa shape index (κ1) is 24.7. The number of carbonyl (C=O) groups excluding carboxylic acids is 1. The molecule has 7 heteroatoms. The second-order valence-corrected chi connectivity index (χ2v) is 11.8. The van der Waals surface area contributed by atoms with Crippen molar-refractivity contribution in [1.29, 1.82) is 0 Å². The number of rotatable bonds is 9. The molecule has 1 fully saturated rings. The highest BCUT2D eigenvalue weighted by atomic mass is 32.2. The average Bonchev–Trinajstić information content (AvgIpc) is 3.18. The number of methoxy groups -OCH3 is 1. The Morgan fingerprint density at radius 2 is 1.70 bits per heavy atom. The van der Waals surface area contributed by atoms with Gasteiger partial charge < -0.3 is 4.74 Å². The Hall–Kier alpha value is -1.60. The molecule has 1 saturated carbocycles. The van der Waals surface area contributed by atoms with E-state index < -0.39 is 26.6 Å². The van der Waals surface area contributed by atoms with Gasteiger partial charge in [0.2, 0.25) is 5.91 Å². The van der Waals surface area contributed by atoms with Gasteiger partial charge in [-0.15, -0.1) is 0 Å². The second-order valence-electron chi connectivity index (χ2n) is 9.60. The lowest BCUT2D eigenvalue weighted by atomic mass is 9.86. The predicted octanol–water partition coefficient (Wildman–Crippen LogP) is 4.54. The summed E-state index contributed by atoms with van der Waals surface area (Å²) in [6.07, 6.45) is 4.75. The second kappa shape index (κ2) is 10.1. The highest BCUT2D eigenvalue weighted by molar-refractivity contribution is 7.92. The number of hydroxylamine groups is 1. The van der Waals surface area contributed by atoms with Gasteiger partial charge in [-0.25, -0.2) is 13.9 Å². The fourth-order valence-corrected chi connectivity index (χ4v) is 6.37. The van der Waals surface area contributed by atoms with E-state index in [0.29, 0.717) is 18.1 Å². The highest BCUT2D eigenvalue weighted by Gasteiger charge is 2.42. The van der Waals surface area contributed by atoms with Crippen molar-refractivity contribution in [2.24, 2.45) is 17.8 Å². The molecule has 170 valence electrons. The van der Waals surface area contributed by atoms with Crippen LogP contribution < -0.4 is 10.2 Å². The number of nitrogens with one attached hydrogen (secondary N) is 1. The van der Waals surface area contributed by atoms with Crippen LogP contribution in [-0.4, -0.2) is 32.3 Å². The Labute approximate surface area is 181 Å². The fraction of sp³-hybridized carbons (Fsp3) is 0.696. The normalized spacial score (nSPS) is 17.7. The number of hydrogen-bond acceptors (Lipinski definition) is 5. The van der Waals surface area contributed by atoms with Crippen LogP contribution in [-0.2, 0) is 19.5 Å². The molecule has 1 aliphatic carbocycles. The van der Waals surface area contributed by atoms with Crippen molar-refractivity contribution in [2.75, 3.05) is 7.11 Å². The minimum Gasteiger partial charge on any atom is -0.497 e. The van der Waals surface area contributed by atoms with Crippen LogP contribution in [0.15, 0.2) is 29.2 Å². The van der Waals surface area contributed by atoms with Crippen molar-refractivity contribution in [3.05, 3.63) is 24.3 Å². The van der Waals surface area contributed by atoms with Crippen molar-refractivity contribution in [3.63, 3.8) is 0 Å². The van der Waals surface area contributed by atoms with Gasteiger partial charge in [0, 0.05) is 0 Å². The molecule has 2 atom stereocenters. The van der Waals surface area contributed by atoms with Crippen molar-refractivity contribution in [2.45, 2.75) is 82.5 Å². The number of ether oxygens (including phenoxy) is 1. The summed E-state index contributed by atoms with van der Waals surface area (Å²) >= 11 is 0. The Morgan fingerprint density at radius 1 is 1.13 bits per heavy atom. The fourth-order valence-electron chi connectivity index (χ4n) is 4.15. The average molecular weight is 440 g/mol. The van der Waals surface area contributed by atoms with Crippen molar-refractivity contribution in [3.8, 4) is 5.75 Å².